The Balaban J connectivity index is 1.95. The van der Waals surface area contributed by atoms with E-state index in [2.05, 4.69) is 26.5 Å². The summed E-state index contributed by atoms with van der Waals surface area (Å²) in [7, 11) is 0. The number of carbonyl (C=O) groups excluding carboxylic acids is 1. The van der Waals surface area contributed by atoms with E-state index in [-0.39, 0.29) is 18.2 Å². The molecule has 0 bridgehead atoms. The van der Waals surface area contributed by atoms with Gasteiger partial charge in [-0.1, -0.05) is 15.9 Å². The number of hydrazone groups is 1. The van der Waals surface area contributed by atoms with E-state index in [1.54, 1.807) is 24.3 Å². The molecule has 1 aromatic rings. The van der Waals surface area contributed by atoms with Gasteiger partial charge >= 0.3 is 5.88 Å². The molecule has 7 nitrogen and oxygen atoms in total. The number of hydrogen-bond donors (Lipinski definition) is 1. The minimum atomic E-state index is -0.654. The first-order valence-electron chi connectivity index (χ1n) is 5.21. The molecule has 1 heterocycles. The van der Waals surface area contributed by atoms with E-state index in [1.165, 1.54) is 6.08 Å². The van der Waals surface area contributed by atoms with Crippen molar-refractivity contribution in [1.82, 2.24) is 5.43 Å². The third-order valence-corrected chi connectivity index (χ3v) is 2.77. The maximum atomic E-state index is 11.7. The summed E-state index contributed by atoms with van der Waals surface area (Å²) in [6.07, 6.45) is 1.46. The fourth-order valence-corrected chi connectivity index (χ4v) is 1.60. The zero-order valence-electron chi connectivity index (χ0n) is 9.50. The highest BCUT2D eigenvalue weighted by atomic mass is 79.9. The first-order valence-corrected chi connectivity index (χ1v) is 6.00. The quantitative estimate of drug-likeness (QED) is 0.679. The first-order chi connectivity index (χ1) is 9.06. The van der Waals surface area contributed by atoms with Gasteiger partial charge in [0.2, 0.25) is 5.90 Å². The highest BCUT2D eigenvalue weighted by molar-refractivity contribution is 9.10. The molecule has 0 fully saturated rings. The Hall–Kier alpha value is -2.22. The summed E-state index contributed by atoms with van der Waals surface area (Å²) in [6.45, 7) is 0. The number of nitrogens with zero attached hydrogens (tertiary/aromatic N) is 2. The van der Waals surface area contributed by atoms with Crippen LogP contribution < -0.4 is 5.43 Å². The number of hydrogen-bond acceptors (Lipinski definition) is 5. The van der Waals surface area contributed by atoms with Crippen molar-refractivity contribution in [3.8, 4) is 0 Å². The first kappa shape index (κ1) is 13.2. The number of amides is 1. The number of carbonyl (C=O) groups is 1. The SMILES string of the molecule is O=C(NN=C1CC=C([N+](=O)[O-])O1)c1ccc(Br)cc1. The van der Waals surface area contributed by atoms with E-state index in [0.717, 1.165) is 4.47 Å². The van der Waals surface area contributed by atoms with Crippen molar-refractivity contribution in [3.05, 3.63) is 56.4 Å². The Morgan fingerprint density at radius 2 is 2.11 bits per heavy atom. The van der Waals surface area contributed by atoms with E-state index < -0.39 is 10.8 Å². The maximum absolute atomic E-state index is 11.7. The van der Waals surface area contributed by atoms with Crippen molar-refractivity contribution >= 4 is 27.7 Å². The summed E-state index contributed by atoms with van der Waals surface area (Å²) in [5, 5.41) is 14.1. The van der Waals surface area contributed by atoms with Gasteiger partial charge in [0.1, 0.15) is 4.92 Å². The summed E-state index contributed by atoms with van der Waals surface area (Å²) in [4.78, 5) is 21.4. The third kappa shape index (κ3) is 3.38. The molecule has 0 aromatic heterocycles. The number of nitro groups is 1. The summed E-state index contributed by atoms with van der Waals surface area (Å²) in [6, 6.07) is 6.69. The summed E-state index contributed by atoms with van der Waals surface area (Å²) >= 11 is 3.26. The second-order valence-electron chi connectivity index (χ2n) is 3.56. The molecule has 0 aliphatic carbocycles. The predicted octanol–water partition coefficient (Wildman–Crippen LogP) is 2.03. The molecule has 0 saturated carbocycles. The van der Waals surface area contributed by atoms with Gasteiger partial charge in [-0.15, -0.1) is 5.10 Å². The molecule has 0 spiro atoms. The highest BCUT2D eigenvalue weighted by Gasteiger charge is 2.23. The lowest BCUT2D eigenvalue weighted by Crippen LogP contribution is -2.19. The van der Waals surface area contributed by atoms with Crippen LogP contribution in [0.3, 0.4) is 0 Å². The van der Waals surface area contributed by atoms with E-state index in [0.29, 0.717) is 5.56 Å². The molecule has 1 N–H and O–H groups in total. The molecule has 0 unspecified atom stereocenters. The van der Waals surface area contributed by atoms with Crippen molar-refractivity contribution in [1.29, 1.82) is 0 Å². The normalized spacial score (nSPS) is 15.8. The van der Waals surface area contributed by atoms with Crippen molar-refractivity contribution in [2.75, 3.05) is 0 Å². The number of ether oxygens (including phenoxy) is 1. The van der Waals surface area contributed by atoms with Crippen LogP contribution >= 0.6 is 15.9 Å². The lowest BCUT2D eigenvalue weighted by Gasteiger charge is -2.01. The fourth-order valence-electron chi connectivity index (χ4n) is 1.34. The molecule has 2 rings (SSSR count). The third-order valence-electron chi connectivity index (χ3n) is 2.24. The maximum Gasteiger partial charge on any atom is 0.430 e. The molecular weight excluding hydrogens is 318 g/mol. The van der Waals surface area contributed by atoms with Gasteiger partial charge in [-0.3, -0.25) is 14.9 Å². The number of nitrogens with one attached hydrogen (secondary N) is 1. The van der Waals surface area contributed by atoms with Crippen LogP contribution in [0.4, 0.5) is 0 Å². The molecule has 98 valence electrons. The van der Waals surface area contributed by atoms with Gasteiger partial charge in [0, 0.05) is 16.1 Å². The molecule has 1 aliphatic rings. The van der Waals surface area contributed by atoms with E-state index >= 15 is 0 Å². The summed E-state index contributed by atoms with van der Waals surface area (Å²) in [5.74, 6) is -0.716. The molecule has 1 aliphatic heterocycles. The zero-order valence-corrected chi connectivity index (χ0v) is 11.1. The van der Waals surface area contributed by atoms with Crippen molar-refractivity contribution < 1.29 is 14.5 Å². The number of benzene rings is 1. The molecule has 0 radical (unpaired) electrons. The van der Waals surface area contributed by atoms with Crippen LogP contribution in [0.25, 0.3) is 0 Å². The summed E-state index contributed by atoms with van der Waals surface area (Å²) < 4.78 is 5.67. The second kappa shape index (κ2) is 5.61. The van der Waals surface area contributed by atoms with Crippen LogP contribution in [0.5, 0.6) is 0 Å². The van der Waals surface area contributed by atoms with Crippen LogP contribution in [0.2, 0.25) is 0 Å². The molecule has 0 saturated heterocycles. The monoisotopic (exact) mass is 325 g/mol. The van der Waals surface area contributed by atoms with Gasteiger partial charge in [-0.05, 0) is 24.3 Å². The molecule has 1 aromatic carbocycles. The van der Waals surface area contributed by atoms with Crippen molar-refractivity contribution in [3.63, 3.8) is 0 Å². The van der Waals surface area contributed by atoms with Gasteiger partial charge in [0.15, 0.2) is 0 Å². The van der Waals surface area contributed by atoms with Crippen molar-refractivity contribution in [2.45, 2.75) is 6.42 Å². The molecule has 1 amide bonds. The van der Waals surface area contributed by atoms with Gasteiger partial charge < -0.3 is 4.74 Å². The lowest BCUT2D eigenvalue weighted by atomic mass is 10.2. The predicted molar refractivity (Wildman–Crippen MR) is 69.8 cm³/mol. The fraction of sp³-hybridized carbons (Fsp3) is 0.0909. The molecule has 8 heteroatoms. The van der Waals surface area contributed by atoms with Gasteiger partial charge in [-0.25, -0.2) is 5.43 Å². The number of halogens is 1. The zero-order chi connectivity index (χ0) is 13.8. The lowest BCUT2D eigenvalue weighted by molar-refractivity contribution is -0.454. The standard InChI is InChI=1S/C11H8BrN3O4/c12-8-3-1-7(2-4-8)11(16)14-13-9-5-6-10(19-9)15(17)18/h1-4,6H,5H2,(H,14,16). The van der Waals surface area contributed by atoms with Crippen LogP contribution in [0.1, 0.15) is 16.8 Å². The Morgan fingerprint density at radius 1 is 1.42 bits per heavy atom. The molecule has 19 heavy (non-hydrogen) atoms. The Morgan fingerprint density at radius 3 is 2.68 bits per heavy atom. The van der Waals surface area contributed by atoms with Gasteiger partial charge in [0.05, 0.1) is 6.42 Å². The Kier molecular flexibility index (Phi) is 3.91. The van der Waals surface area contributed by atoms with Crippen molar-refractivity contribution in [2.24, 2.45) is 5.10 Å². The minimum Gasteiger partial charge on any atom is -0.385 e. The topological polar surface area (TPSA) is 93.8 Å². The average molecular weight is 326 g/mol. The van der Waals surface area contributed by atoms with Crippen LogP contribution in [-0.4, -0.2) is 16.7 Å². The Bertz CT molecular complexity index is 580. The van der Waals surface area contributed by atoms with E-state index in [1.807, 2.05) is 0 Å². The van der Waals surface area contributed by atoms with E-state index in [4.69, 9.17) is 4.74 Å². The van der Waals surface area contributed by atoms with Gasteiger partial charge in [0.25, 0.3) is 5.91 Å². The smallest absolute Gasteiger partial charge is 0.385 e. The van der Waals surface area contributed by atoms with Crippen LogP contribution in [-0.2, 0) is 4.74 Å². The van der Waals surface area contributed by atoms with Crippen LogP contribution in [0, 0.1) is 10.1 Å². The highest BCUT2D eigenvalue weighted by Crippen LogP contribution is 2.13. The minimum absolute atomic E-state index is 0.0807. The molecule has 0 atom stereocenters. The van der Waals surface area contributed by atoms with Crippen LogP contribution in [0.15, 0.2) is 45.8 Å². The largest absolute Gasteiger partial charge is 0.430 e. The second-order valence-corrected chi connectivity index (χ2v) is 4.47. The summed E-state index contributed by atoms with van der Waals surface area (Å²) in [5.41, 5.74) is 2.70. The number of rotatable bonds is 3. The van der Waals surface area contributed by atoms with E-state index in [9.17, 15) is 14.9 Å². The average Bonchev–Trinajstić information content (AvgIpc) is 2.86. The van der Waals surface area contributed by atoms with Gasteiger partial charge in [-0.2, -0.15) is 0 Å². The Labute approximate surface area is 116 Å². The molecular formula is C11H8BrN3O4.